The predicted molar refractivity (Wildman–Crippen MR) is 88.7 cm³/mol. The van der Waals surface area contributed by atoms with Crippen molar-refractivity contribution in [2.45, 2.75) is 27.7 Å². The van der Waals surface area contributed by atoms with Crippen molar-refractivity contribution in [1.29, 1.82) is 0 Å². The van der Waals surface area contributed by atoms with Gasteiger partial charge in [-0.05, 0) is 50.6 Å². The summed E-state index contributed by atoms with van der Waals surface area (Å²) in [7, 11) is 0. The molecule has 0 saturated carbocycles. The number of benzene rings is 1. The highest BCUT2D eigenvalue weighted by atomic mass is 16.5. The first-order chi connectivity index (χ1) is 10.9. The van der Waals surface area contributed by atoms with E-state index in [1.54, 1.807) is 6.92 Å². The summed E-state index contributed by atoms with van der Waals surface area (Å²) < 4.78 is 10.4. The fourth-order valence-electron chi connectivity index (χ4n) is 2.18. The third-order valence-electron chi connectivity index (χ3n) is 3.20. The number of nitrogens with one attached hydrogen (secondary N) is 1. The highest BCUT2D eigenvalue weighted by molar-refractivity contribution is 5.92. The van der Waals surface area contributed by atoms with Crippen molar-refractivity contribution in [3.63, 3.8) is 0 Å². The summed E-state index contributed by atoms with van der Waals surface area (Å²) in [6.45, 7) is 9.82. The van der Waals surface area contributed by atoms with Gasteiger partial charge in [0.2, 0.25) is 5.91 Å². The van der Waals surface area contributed by atoms with Crippen LogP contribution in [-0.2, 0) is 9.53 Å². The van der Waals surface area contributed by atoms with Crippen LogP contribution in [0.3, 0.4) is 0 Å². The Bertz CT molecular complexity index is 511. The molecule has 23 heavy (non-hydrogen) atoms. The third-order valence-corrected chi connectivity index (χ3v) is 3.20. The normalized spacial score (nSPS) is 10.5. The smallest absolute Gasteiger partial charge is 0.413 e. The number of amides is 2. The van der Waals surface area contributed by atoms with Gasteiger partial charge in [-0.2, -0.15) is 0 Å². The molecule has 1 aromatic carbocycles. The summed E-state index contributed by atoms with van der Waals surface area (Å²) >= 11 is 0. The molecule has 0 aliphatic rings. The first kappa shape index (κ1) is 19.0. The third kappa shape index (κ3) is 7.65. The second-order valence-electron chi connectivity index (χ2n) is 5.31. The Kier molecular flexibility index (Phi) is 8.11. The van der Waals surface area contributed by atoms with Gasteiger partial charge in [0.1, 0.15) is 12.4 Å². The van der Waals surface area contributed by atoms with Crippen LogP contribution in [0.2, 0.25) is 0 Å². The topological polar surface area (TPSA) is 67.9 Å². The maximum atomic E-state index is 11.7. The standard InChI is InChI=1S/C17H26N2O4/c1-5-19(12-16(20)18-17(21)22-6-2)7-8-23-15-10-13(3)9-14(4)11-15/h9-11H,5-8,12H2,1-4H3,(H,18,20,21). The summed E-state index contributed by atoms with van der Waals surface area (Å²) in [5.41, 5.74) is 2.31. The van der Waals surface area contributed by atoms with Crippen molar-refractivity contribution >= 4 is 12.0 Å². The Labute approximate surface area is 137 Å². The molecule has 0 aliphatic carbocycles. The van der Waals surface area contributed by atoms with E-state index in [1.807, 2.05) is 37.8 Å². The van der Waals surface area contributed by atoms with E-state index in [9.17, 15) is 9.59 Å². The van der Waals surface area contributed by atoms with Gasteiger partial charge in [-0.3, -0.25) is 15.0 Å². The van der Waals surface area contributed by atoms with Gasteiger partial charge >= 0.3 is 6.09 Å². The van der Waals surface area contributed by atoms with Crippen molar-refractivity contribution in [2.24, 2.45) is 0 Å². The zero-order chi connectivity index (χ0) is 17.2. The molecule has 0 fully saturated rings. The monoisotopic (exact) mass is 322 g/mol. The van der Waals surface area contributed by atoms with E-state index in [2.05, 4.69) is 16.1 Å². The molecule has 0 spiro atoms. The first-order valence-electron chi connectivity index (χ1n) is 7.84. The van der Waals surface area contributed by atoms with Gasteiger partial charge in [0.05, 0.1) is 13.2 Å². The Balaban J connectivity index is 2.38. The molecule has 0 saturated heterocycles. The summed E-state index contributed by atoms with van der Waals surface area (Å²) in [6, 6.07) is 6.05. The second-order valence-corrected chi connectivity index (χ2v) is 5.31. The van der Waals surface area contributed by atoms with Crippen LogP contribution in [0.1, 0.15) is 25.0 Å². The van der Waals surface area contributed by atoms with Gasteiger partial charge in [-0.1, -0.05) is 13.0 Å². The molecule has 128 valence electrons. The van der Waals surface area contributed by atoms with Crippen molar-refractivity contribution in [2.75, 3.05) is 32.8 Å². The first-order valence-corrected chi connectivity index (χ1v) is 7.84. The minimum Gasteiger partial charge on any atom is -0.492 e. The molecular weight excluding hydrogens is 296 g/mol. The van der Waals surface area contributed by atoms with Gasteiger partial charge in [-0.25, -0.2) is 4.79 Å². The van der Waals surface area contributed by atoms with Crippen molar-refractivity contribution in [1.82, 2.24) is 10.2 Å². The maximum absolute atomic E-state index is 11.7. The van der Waals surface area contributed by atoms with E-state index < -0.39 is 6.09 Å². The number of ether oxygens (including phenoxy) is 2. The van der Waals surface area contributed by atoms with E-state index in [0.29, 0.717) is 19.7 Å². The number of hydrogen-bond acceptors (Lipinski definition) is 5. The van der Waals surface area contributed by atoms with Crippen LogP contribution in [0.25, 0.3) is 0 Å². The van der Waals surface area contributed by atoms with Crippen molar-refractivity contribution in [3.05, 3.63) is 29.3 Å². The van der Waals surface area contributed by atoms with Crippen LogP contribution in [0.15, 0.2) is 18.2 Å². The molecule has 0 radical (unpaired) electrons. The van der Waals surface area contributed by atoms with Gasteiger partial charge in [0.15, 0.2) is 0 Å². The van der Waals surface area contributed by atoms with Crippen LogP contribution in [0.5, 0.6) is 5.75 Å². The highest BCUT2D eigenvalue weighted by Crippen LogP contribution is 2.16. The van der Waals surface area contributed by atoms with E-state index in [1.165, 1.54) is 0 Å². The van der Waals surface area contributed by atoms with Crippen LogP contribution in [-0.4, -0.2) is 49.7 Å². The van der Waals surface area contributed by atoms with E-state index in [0.717, 1.165) is 16.9 Å². The fraction of sp³-hybridized carbons (Fsp3) is 0.529. The number of nitrogens with zero attached hydrogens (tertiary/aromatic N) is 1. The molecule has 0 unspecified atom stereocenters. The van der Waals surface area contributed by atoms with Crippen LogP contribution < -0.4 is 10.1 Å². The lowest BCUT2D eigenvalue weighted by Gasteiger charge is -2.19. The molecule has 0 bridgehead atoms. The Morgan fingerprint density at radius 2 is 1.78 bits per heavy atom. The van der Waals surface area contributed by atoms with E-state index >= 15 is 0 Å². The van der Waals surface area contributed by atoms with Gasteiger partial charge in [-0.15, -0.1) is 0 Å². The SMILES string of the molecule is CCOC(=O)NC(=O)CN(CC)CCOc1cc(C)cc(C)c1. The molecule has 0 aromatic heterocycles. The van der Waals surface area contributed by atoms with Crippen LogP contribution >= 0.6 is 0 Å². The van der Waals surface area contributed by atoms with Crippen molar-refractivity contribution < 1.29 is 19.1 Å². The van der Waals surface area contributed by atoms with Gasteiger partial charge in [0.25, 0.3) is 0 Å². The Hall–Kier alpha value is -2.08. The summed E-state index contributed by atoms with van der Waals surface area (Å²) in [5.74, 6) is 0.450. The molecule has 1 aromatic rings. The molecule has 6 heteroatoms. The lowest BCUT2D eigenvalue weighted by molar-refractivity contribution is -0.121. The van der Waals surface area contributed by atoms with E-state index in [4.69, 9.17) is 4.74 Å². The van der Waals surface area contributed by atoms with Crippen molar-refractivity contribution in [3.8, 4) is 5.75 Å². The number of alkyl carbamates (subject to hydrolysis) is 1. The molecule has 0 atom stereocenters. The number of carbonyl (C=O) groups is 2. The molecule has 1 N–H and O–H groups in total. The van der Waals surface area contributed by atoms with Gasteiger partial charge < -0.3 is 9.47 Å². The summed E-state index contributed by atoms with van der Waals surface area (Å²) in [5, 5.41) is 2.19. The number of aryl methyl sites for hydroxylation is 2. The predicted octanol–water partition coefficient (Wildman–Crippen LogP) is 2.28. The average Bonchev–Trinajstić information content (AvgIpc) is 2.45. The fourth-order valence-corrected chi connectivity index (χ4v) is 2.18. The number of likely N-dealkylation sites (N-methyl/N-ethyl adjacent to an activating group) is 1. The minimum absolute atomic E-state index is 0.130. The lowest BCUT2D eigenvalue weighted by Crippen LogP contribution is -2.41. The molecular formula is C17H26N2O4. The molecule has 2 amide bonds. The zero-order valence-electron chi connectivity index (χ0n) is 14.3. The zero-order valence-corrected chi connectivity index (χ0v) is 14.3. The quantitative estimate of drug-likeness (QED) is 0.795. The molecule has 0 aliphatic heterocycles. The van der Waals surface area contributed by atoms with E-state index in [-0.39, 0.29) is 19.1 Å². The van der Waals surface area contributed by atoms with Crippen LogP contribution in [0, 0.1) is 13.8 Å². The molecule has 1 rings (SSSR count). The Morgan fingerprint density at radius 3 is 2.35 bits per heavy atom. The Morgan fingerprint density at radius 1 is 1.13 bits per heavy atom. The van der Waals surface area contributed by atoms with Crippen LogP contribution in [0.4, 0.5) is 4.79 Å². The number of rotatable bonds is 8. The number of imide groups is 1. The number of hydrogen-bond donors (Lipinski definition) is 1. The summed E-state index contributed by atoms with van der Waals surface area (Å²) in [6.07, 6.45) is -0.708. The number of carbonyl (C=O) groups excluding carboxylic acids is 2. The molecule has 0 heterocycles. The maximum Gasteiger partial charge on any atom is 0.413 e. The average molecular weight is 322 g/mol. The summed E-state index contributed by atoms with van der Waals surface area (Å²) in [4.78, 5) is 24.8. The lowest BCUT2D eigenvalue weighted by atomic mass is 10.1. The highest BCUT2D eigenvalue weighted by Gasteiger charge is 2.12. The largest absolute Gasteiger partial charge is 0.492 e. The second kappa shape index (κ2) is 9.84. The molecule has 6 nitrogen and oxygen atoms in total. The minimum atomic E-state index is -0.708. The van der Waals surface area contributed by atoms with Gasteiger partial charge in [0, 0.05) is 6.54 Å².